The van der Waals surface area contributed by atoms with E-state index < -0.39 is 7.44 Å². The number of nitrogens with zero attached hydrogens (tertiary/aromatic N) is 2. The van der Waals surface area contributed by atoms with Gasteiger partial charge in [0.25, 0.3) is 0 Å². The van der Waals surface area contributed by atoms with Gasteiger partial charge in [0.2, 0.25) is 7.44 Å². The first-order valence-electron chi connectivity index (χ1n) is 9.73. The normalized spacial score (nSPS) is 22.7. The van der Waals surface area contributed by atoms with Crippen LogP contribution in [-0.2, 0) is 4.57 Å². The third kappa shape index (κ3) is 4.31. The fourth-order valence-electron chi connectivity index (χ4n) is 3.46. The van der Waals surface area contributed by atoms with Crippen LogP contribution in [0.25, 0.3) is 10.1 Å². The van der Waals surface area contributed by atoms with Crippen LogP contribution in [0.1, 0.15) is 29.6 Å². The summed E-state index contributed by atoms with van der Waals surface area (Å²) in [5.41, 5.74) is 0.647. The van der Waals surface area contributed by atoms with Crippen molar-refractivity contribution in [3.8, 4) is 5.75 Å². The van der Waals surface area contributed by atoms with E-state index in [-0.39, 0.29) is 11.7 Å². The SMILES string of the molecule is CC[C@H]1CNP(=O)(C(CNc2cnc(C)cn2)c2cc3ccc(OC)cc3s2)N1. The van der Waals surface area contributed by atoms with Gasteiger partial charge in [-0.3, -0.25) is 19.7 Å². The molecule has 0 bridgehead atoms. The van der Waals surface area contributed by atoms with E-state index in [0.717, 1.165) is 32.8 Å². The summed E-state index contributed by atoms with van der Waals surface area (Å²) in [6.45, 7) is 5.22. The highest BCUT2D eigenvalue weighted by Crippen LogP contribution is 2.56. The van der Waals surface area contributed by atoms with Crippen molar-refractivity contribution in [2.45, 2.75) is 32.0 Å². The van der Waals surface area contributed by atoms with E-state index in [9.17, 15) is 4.57 Å². The monoisotopic (exact) mass is 431 g/mol. The van der Waals surface area contributed by atoms with Crippen molar-refractivity contribution in [2.24, 2.45) is 0 Å². The lowest BCUT2D eigenvalue weighted by Gasteiger charge is -2.24. The summed E-state index contributed by atoms with van der Waals surface area (Å²) in [6, 6.07) is 8.38. The van der Waals surface area contributed by atoms with Crippen LogP contribution in [0.4, 0.5) is 5.82 Å². The highest BCUT2D eigenvalue weighted by Gasteiger charge is 2.41. The van der Waals surface area contributed by atoms with E-state index in [4.69, 9.17) is 4.74 Å². The minimum absolute atomic E-state index is 0.217. The molecule has 154 valence electrons. The number of fused-ring (bicyclic) bond motifs is 1. The number of nitrogens with one attached hydrogen (secondary N) is 3. The third-order valence-corrected chi connectivity index (χ3v) is 9.34. The average Bonchev–Trinajstić information content (AvgIpc) is 3.32. The van der Waals surface area contributed by atoms with Crippen molar-refractivity contribution in [3.63, 3.8) is 0 Å². The predicted molar refractivity (Wildman–Crippen MR) is 119 cm³/mol. The fraction of sp³-hybridized carbons (Fsp3) is 0.400. The summed E-state index contributed by atoms with van der Waals surface area (Å²) in [5, 5.41) is 11.1. The highest BCUT2D eigenvalue weighted by molar-refractivity contribution is 7.61. The first kappa shape index (κ1) is 20.3. The topological polar surface area (TPSA) is 88.2 Å². The lowest BCUT2D eigenvalue weighted by atomic mass is 10.2. The van der Waals surface area contributed by atoms with E-state index in [0.29, 0.717) is 18.9 Å². The molecule has 3 atom stereocenters. The van der Waals surface area contributed by atoms with Gasteiger partial charge in [-0.1, -0.05) is 6.92 Å². The van der Waals surface area contributed by atoms with Crippen LogP contribution in [0, 0.1) is 6.92 Å². The average molecular weight is 432 g/mol. The van der Waals surface area contributed by atoms with E-state index in [1.54, 1.807) is 30.8 Å². The second kappa shape index (κ2) is 8.40. The van der Waals surface area contributed by atoms with Gasteiger partial charge in [0.15, 0.2) is 0 Å². The Bertz CT molecular complexity index is 1040. The minimum Gasteiger partial charge on any atom is -0.497 e. The number of anilines is 1. The quantitative estimate of drug-likeness (QED) is 0.480. The molecule has 1 fully saturated rings. The molecule has 3 aromatic rings. The van der Waals surface area contributed by atoms with Crippen LogP contribution in [0.15, 0.2) is 36.7 Å². The lowest BCUT2D eigenvalue weighted by molar-refractivity contribution is 0.415. The van der Waals surface area contributed by atoms with Gasteiger partial charge in [-0.15, -0.1) is 11.3 Å². The number of benzene rings is 1. The molecule has 0 aliphatic carbocycles. The van der Waals surface area contributed by atoms with Gasteiger partial charge in [0.05, 0.1) is 30.9 Å². The Kier molecular flexibility index (Phi) is 5.88. The Morgan fingerprint density at radius 1 is 1.34 bits per heavy atom. The van der Waals surface area contributed by atoms with Gasteiger partial charge in [0.1, 0.15) is 11.6 Å². The summed E-state index contributed by atoms with van der Waals surface area (Å²) in [7, 11) is -1.16. The van der Waals surface area contributed by atoms with Crippen molar-refractivity contribution < 1.29 is 9.30 Å². The largest absolute Gasteiger partial charge is 0.497 e. The molecule has 29 heavy (non-hydrogen) atoms. The molecular formula is C20H26N5O2PS. The Hall–Kier alpha value is -1.99. The van der Waals surface area contributed by atoms with Gasteiger partial charge < -0.3 is 10.1 Å². The zero-order valence-corrected chi connectivity index (χ0v) is 18.5. The molecule has 1 saturated heterocycles. The molecule has 1 aromatic carbocycles. The molecule has 3 N–H and O–H groups in total. The number of rotatable bonds is 7. The maximum Gasteiger partial charge on any atom is 0.221 e. The van der Waals surface area contributed by atoms with Gasteiger partial charge in [-0.05, 0) is 43.0 Å². The number of hydrogen-bond acceptors (Lipinski definition) is 6. The van der Waals surface area contributed by atoms with Gasteiger partial charge in [0, 0.05) is 28.7 Å². The molecule has 4 rings (SSSR count). The third-order valence-electron chi connectivity index (χ3n) is 5.21. The molecule has 3 heterocycles. The number of hydrogen-bond donors (Lipinski definition) is 3. The molecule has 0 spiro atoms. The first-order chi connectivity index (χ1) is 14.0. The van der Waals surface area contributed by atoms with E-state index in [1.165, 1.54) is 0 Å². The van der Waals surface area contributed by atoms with Crippen LogP contribution in [-0.4, -0.2) is 36.2 Å². The van der Waals surface area contributed by atoms with E-state index >= 15 is 0 Å². The summed E-state index contributed by atoms with van der Waals surface area (Å²) in [5.74, 6) is 1.51. The molecule has 2 unspecified atom stereocenters. The molecule has 0 radical (unpaired) electrons. The second-order valence-electron chi connectivity index (χ2n) is 7.25. The molecule has 9 heteroatoms. The van der Waals surface area contributed by atoms with Crippen molar-refractivity contribution in [3.05, 3.63) is 47.2 Å². The first-order valence-corrected chi connectivity index (χ1v) is 12.3. The number of ether oxygens (including phenoxy) is 1. The molecule has 0 amide bonds. The summed E-state index contributed by atoms with van der Waals surface area (Å²) in [4.78, 5) is 9.73. The Morgan fingerprint density at radius 2 is 2.21 bits per heavy atom. The highest BCUT2D eigenvalue weighted by atomic mass is 32.1. The number of thiophene rings is 1. The van der Waals surface area contributed by atoms with Crippen LogP contribution in [0.5, 0.6) is 5.75 Å². The molecule has 1 aliphatic heterocycles. The molecular weight excluding hydrogens is 405 g/mol. The predicted octanol–water partition coefficient (Wildman–Crippen LogP) is 4.33. The van der Waals surface area contributed by atoms with E-state index in [2.05, 4.69) is 38.4 Å². The van der Waals surface area contributed by atoms with Gasteiger partial charge >= 0.3 is 0 Å². The van der Waals surface area contributed by atoms with Gasteiger partial charge in [-0.25, -0.2) is 4.98 Å². The summed E-state index contributed by atoms with van der Waals surface area (Å²) in [6.07, 6.45) is 4.37. The number of aromatic nitrogens is 2. The minimum atomic E-state index is -2.83. The molecule has 0 saturated carbocycles. The molecule has 1 aliphatic rings. The zero-order valence-electron chi connectivity index (χ0n) is 16.8. The van der Waals surface area contributed by atoms with Crippen LogP contribution >= 0.6 is 18.8 Å². The van der Waals surface area contributed by atoms with Crippen molar-refractivity contribution in [2.75, 3.05) is 25.5 Å². The van der Waals surface area contributed by atoms with Crippen LogP contribution < -0.4 is 20.2 Å². The number of aryl methyl sites for hydroxylation is 1. The van der Waals surface area contributed by atoms with Gasteiger partial charge in [-0.2, -0.15) is 0 Å². The van der Waals surface area contributed by atoms with Crippen LogP contribution in [0.3, 0.4) is 0 Å². The summed E-state index contributed by atoms with van der Waals surface area (Å²) < 4.78 is 20.3. The van der Waals surface area contributed by atoms with Crippen molar-refractivity contribution in [1.29, 1.82) is 0 Å². The van der Waals surface area contributed by atoms with Crippen molar-refractivity contribution in [1.82, 2.24) is 20.1 Å². The smallest absolute Gasteiger partial charge is 0.221 e. The summed E-state index contributed by atoms with van der Waals surface area (Å²) >= 11 is 1.66. The zero-order chi connectivity index (χ0) is 20.4. The standard InChI is InChI=1S/C20H26N5O2PS/c1-4-15-10-24-28(26,25-15)17(11-23-20-12-21-13(2)9-22-20)19-7-14-5-6-16(27-3)8-18(14)29-19/h5-9,12,15,17H,4,10-11H2,1-3H3,(H,22,23)(H2,24,25,26)/t15-,17?,28?/m0/s1. The van der Waals surface area contributed by atoms with Crippen molar-refractivity contribution >= 4 is 34.7 Å². The maximum absolute atomic E-state index is 13.8. The maximum atomic E-state index is 13.8. The number of methoxy groups -OCH3 is 1. The molecule has 2 aromatic heterocycles. The Balaban J connectivity index is 1.66. The van der Waals surface area contributed by atoms with Crippen LogP contribution in [0.2, 0.25) is 0 Å². The lowest BCUT2D eigenvalue weighted by Crippen LogP contribution is -2.24. The van der Waals surface area contributed by atoms with E-state index in [1.807, 2.05) is 25.1 Å². The molecule has 7 nitrogen and oxygen atoms in total. The fourth-order valence-corrected chi connectivity index (χ4v) is 7.72. The Morgan fingerprint density at radius 3 is 2.90 bits per heavy atom. The Labute approximate surface area is 174 Å². The second-order valence-corrected chi connectivity index (χ2v) is 10.9.